The van der Waals surface area contributed by atoms with E-state index < -0.39 is 12.1 Å². The van der Waals surface area contributed by atoms with E-state index in [0.717, 1.165) is 10.0 Å². The first kappa shape index (κ1) is 19.0. The van der Waals surface area contributed by atoms with E-state index in [9.17, 15) is 9.59 Å². The van der Waals surface area contributed by atoms with Gasteiger partial charge in [-0.2, -0.15) is 0 Å². The van der Waals surface area contributed by atoms with Crippen molar-refractivity contribution in [2.24, 2.45) is 0 Å². The van der Waals surface area contributed by atoms with Crippen molar-refractivity contribution in [2.45, 2.75) is 6.61 Å². The maximum absolute atomic E-state index is 12.6. The Hall–Kier alpha value is -2.74. The largest absolute Gasteiger partial charge is 0.486 e. The van der Waals surface area contributed by atoms with Crippen LogP contribution in [0.25, 0.3) is 0 Å². The summed E-state index contributed by atoms with van der Waals surface area (Å²) in [6, 6.07) is 10.2. The average molecular weight is 436 g/mol. The van der Waals surface area contributed by atoms with Crippen molar-refractivity contribution >= 4 is 33.7 Å². The van der Waals surface area contributed by atoms with Gasteiger partial charge in [0.25, 0.3) is 0 Å². The van der Waals surface area contributed by atoms with Crippen LogP contribution in [0.2, 0.25) is 0 Å². The summed E-state index contributed by atoms with van der Waals surface area (Å²) in [6.45, 7) is 1.01. The number of hydrogen-bond acceptors (Lipinski definition) is 6. The number of fused-ring (bicyclic) bond motifs is 1. The fourth-order valence-corrected chi connectivity index (χ4v) is 3.05. The number of rotatable bonds is 4. The number of benzene rings is 2. The first-order chi connectivity index (χ1) is 13.0. The maximum atomic E-state index is 12.6. The van der Waals surface area contributed by atoms with E-state index in [2.05, 4.69) is 15.9 Å². The summed E-state index contributed by atoms with van der Waals surface area (Å²) in [6.07, 6.45) is -0.579. The zero-order chi connectivity index (χ0) is 19.4. The van der Waals surface area contributed by atoms with E-state index in [1.54, 1.807) is 36.4 Å². The number of halogens is 1. The van der Waals surface area contributed by atoms with Crippen LogP contribution in [-0.2, 0) is 16.1 Å². The van der Waals surface area contributed by atoms with E-state index in [1.807, 2.05) is 0 Å². The number of anilines is 1. The van der Waals surface area contributed by atoms with Crippen LogP contribution in [0.15, 0.2) is 40.9 Å². The molecule has 0 unspecified atom stereocenters. The predicted molar refractivity (Wildman–Crippen MR) is 102 cm³/mol. The van der Waals surface area contributed by atoms with Crippen molar-refractivity contribution < 1.29 is 28.5 Å². The molecule has 1 aliphatic rings. The highest BCUT2D eigenvalue weighted by atomic mass is 79.9. The highest BCUT2D eigenvalue weighted by Gasteiger charge is 2.21. The van der Waals surface area contributed by atoms with Crippen molar-refractivity contribution in [3.8, 4) is 11.5 Å². The quantitative estimate of drug-likeness (QED) is 0.680. The SMILES string of the molecule is COC(=O)N(C)c1ccccc1C(=O)OCc1cc2c(cc1Br)OCCO2. The Morgan fingerprint density at radius 3 is 2.52 bits per heavy atom. The van der Waals surface area contributed by atoms with Crippen LogP contribution in [0.1, 0.15) is 15.9 Å². The first-order valence-electron chi connectivity index (χ1n) is 8.17. The number of ether oxygens (including phenoxy) is 4. The molecular weight excluding hydrogens is 418 g/mol. The summed E-state index contributed by atoms with van der Waals surface area (Å²) in [5.74, 6) is 0.706. The summed E-state index contributed by atoms with van der Waals surface area (Å²) in [7, 11) is 2.80. The smallest absolute Gasteiger partial charge is 0.413 e. The average Bonchev–Trinajstić information content (AvgIpc) is 2.70. The lowest BCUT2D eigenvalue weighted by Gasteiger charge is -2.20. The number of para-hydroxylation sites is 1. The molecule has 0 atom stereocenters. The van der Waals surface area contributed by atoms with Crippen LogP contribution in [0, 0.1) is 0 Å². The molecular formula is C19H18BrNO6. The molecule has 0 N–H and O–H groups in total. The van der Waals surface area contributed by atoms with Gasteiger partial charge >= 0.3 is 12.1 Å². The molecule has 27 heavy (non-hydrogen) atoms. The molecule has 0 aromatic heterocycles. The third kappa shape index (κ3) is 4.16. The first-order valence-corrected chi connectivity index (χ1v) is 8.96. The molecule has 1 amide bonds. The van der Waals surface area contributed by atoms with Gasteiger partial charge in [-0.1, -0.05) is 28.1 Å². The predicted octanol–water partition coefficient (Wildman–Crippen LogP) is 3.78. The maximum Gasteiger partial charge on any atom is 0.413 e. The van der Waals surface area contributed by atoms with Crippen LogP contribution in [-0.4, -0.2) is 39.4 Å². The minimum Gasteiger partial charge on any atom is -0.486 e. The molecule has 0 aliphatic carbocycles. The van der Waals surface area contributed by atoms with Crippen molar-refractivity contribution in [3.05, 3.63) is 52.0 Å². The van der Waals surface area contributed by atoms with Gasteiger partial charge in [0.2, 0.25) is 0 Å². The fraction of sp³-hybridized carbons (Fsp3) is 0.263. The molecule has 1 heterocycles. The summed E-state index contributed by atoms with van der Waals surface area (Å²) in [5, 5.41) is 0. The Bertz CT molecular complexity index is 869. The summed E-state index contributed by atoms with van der Waals surface area (Å²) < 4.78 is 22.0. The van der Waals surface area contributed by atoms with Gasteiger partial charge in [0.05, 0.1) is 18.4 Å². The molecule has 2 aromatic rings. The van der Waals surface area contributed by atoms with E-state index in [-0.39, 0.29) is 12.2 Å². The lowest BCUT2D eigenvalue weighted by molar-refractivity contribution is 0.0472. The Morgan fingerprint density at radius 2 is 1.81 bits per heavy atom. The molecule has 8 heteroatoms. The molecule has 0 saturated carbocycles. The van der Waals surface area contributed by atoms with Gasteiger partial charge in [0.1, 0.15) is 19.8 Å². The van der Waals surface area contributed by atoms with Crippen LogP contribution < -0.4 is 14.4 Å². The number of nitrogens with zero attached hydrogens (tertiary/aromatic N) is 1. The second-order valence-corrected chi connectivity index (χ2v) is 6.56. The molecule has 0 bridgehead atoms. The van der Waals surface area contributed by atoms with Crippen LogP contribution in [0.3, 0.4) is 0 Å². The number of hydrogen-bond donors (Lipinski definition) is 0. The van der Waals surface area contributed by atoms with Crippen molar-refractivity contribution in [2.75, 3.05) is 32.3 Å². The van der Waals surface area contributed by atoms with Crippen LogP contribution >= 0.6 is 15.9 Å². The third-order valence-corrected chi connectivity index (χ3v) is 4.74. The molecule has 0 spiro atoms. The van der Waals surface area contributed by atoms with E-state index in [0.29, 0.717) is 30.4 Å². The Kier molecular flexibility index (Phi) is 5.85. The van der Waals surface area contributed by atoms with E-state index in [4.69, 9.17) is 18.9 Å². The zero-order valence-electron chi connectivity index (χ0n) is 14.9. The van der Waals surface area contributed by atoms with Crippen LogP contribution in [0.5, 0.6) is 11.5 Å². The molecule has 1 aliphatic heterocycles. The molecule has 7 nitrogen and oxygen atoms in total. The summed E-state index contributed by atoms with van der Waals surface area (Å²) >= 11 is 3.45. The highest BCUT2D eigenvalue weighted by Crippen LogP contribution is 2.36. The highest BCUT2D eigenvalue weighted by molar-refractivity contribution is 9.10. The minimum atomic E-state index is -0.579. The van der Waals surface area contributed by atoms with Crippen LogP contribution in [0.4, 0.5) is 10.5 Å². The summed E-state index contributed by atoms with van der Waals surface area (Å²) in [4.78, 5) is 25.6. The van der Waals surface area contributed by atoms with Gasteiger partial charge in [-0.15, -0.1) is 0 Å². The normalized spacial score (nSPS) is 12.3. The molecule has 0 saturated heterocycles. The number of carbonyl (C=O) groups is 2. The molecule has 0 radical (unpaired) electrons. The van der Waals surface area contributed by atoms with E-state index >= 15 is 0 Å². The second-order valence-electron chi connectivity index (χ2n) is 5.71. The van der Waals surface area contributed by atoms with Gasteiger partial charge in [0, 0.05) is 17.1 Å². The van der Waals surface area contributed by atoms with Gasteiger partial charge in [0.15, 0.2) is 11.5 Å². The second kappa shape index (κ2) is 8.30. The Balaban J connectivity index is 1.76. The number of amides is 1. The van der Waals surface area contributed by atoms with Gasteiger partial charge < -0.3 is 18.9 Å². The number of methoxy groups -OCH3 is 1. The van der Waals surface area contributed by atoms with E-state index in [1.165, 1.54) is 19.1 Å². The molecule has 0 fully saturated rings. The lowest BCUT2D eigenvalue weighted by Crippen LogP contribution is -2.27. The minimum absolute atomic E-state index is 0.0341. The topological polar surface area (TPSA) is 74.3 Å². The van der Waals surface area contributed by atoms with Gasteiger partial charge in [-0.05, 0) is 24.3 Å². The molecule has 3 rings (SSSR count). The van der Waals surface area contributed by atoms with Gasteiger partial charge in [-0.25, -0.2) is 9.59 Å². The number of carbonyl (C=O) groups excluding carboxylic acids is 2. The Morgan fingerprint density at radius 1 is 1.15 bits per heavy atom. The standard InChI is InChI=1S/C19H18BrNO6/c1-21(19(23)24-2)15-6-4-3-5-13(15)18(22)27-11-12-9-16-17(10-14(12)20)26-8-7-25-16/h3-6,9-10H,7-8,11H2,1-2H3. The third-order valence-electron chi connectivity index (χ3n) is 4.00. The van der Waals surface area contributed by atoms with Crippen molar-refractivity contribution in [1.82, 2.24) is 0 Å². The number of esters is 1. The fourth-order valence-electron chi connectivity index (χ4n) is 2.61. The van der Waals surface area contributed by atoms with Crippen molar-refractivity contribution in [1.29, 1.82) is 0 Å². The zero-order valence-corrected chi connectivity index (χ0v) is 16.4. The lowest BCUT2D eigenvalue weighted by atomic mass is 10.1. The van der Waals surface area contributed by atoms with Gasteiger partial charge in [-0.3, -0.25) is 4.90 Å². The molecule has 2 aromatic carbocycles. The monoisotopic (exact) mass is 435 g/mol. The summed E-state index contributed by atoms with van der Waals surface area (Å²) in [5.41, 5.74) is 1.40. The Labute approximate surface area is 164 Å². The van der Waals surface area contributed by atoms with Crippen molar-refractivity contribution in [3.63, 3.8) is 0 Å². The molecule has 142 valence electrons.